The van der Waals surface area contributed by atoms with Gasteiger partial charge in [-0.15, -0.1) is 0 Å². The number of halogens is 1. The summed E-state index contributed by atoms with van der Waals surface area (Å²) in [5.41, 5.74) is 1.25. The van der Waals surface area contributed by atoms with Crippen LogP contribution in [0.25, 0.3) is 0 Å². The average molecular weight is 467 g/mol. The van der Waals surface area contributed by atoms with Crippen molar-refractivity contribution in [1.82, 2.24) is 19.8 Å². The zero-order valence-electron chi connectivity index (χ0n) is 19.8. The smallest absolute Gasteiger partial charge is 0.251 e. The molecule has 1 heterocycles. The SMILES string of the molecule is CCc1ccc(Oc2cc(F)cc(C(=O)NCC(=O)N(CC)C(C)CCn3ccnc3)c2)cc1. The summed E-state index contributed by atoms with van der Waals surface area (Å²) in [6.45, 7) is 7.02. The molecule has 0 radical (unpaired) electrons. The third-order valence-corrected chi connectivity index (χ3v) is 5.66. The van der Waals surface area contributed by atoms with Crippen molar-refractivity contribution in [1.29, 1.82) is 0 Å². The fourth-order valence-corrected chi connectivity index (χ4v) is 3.69. The van der Waals surface area contributed by atoms with Gasteiger partial charge < -0.3 is 19.5 Å². The molecule has 3 rings (SSSR count). The fraction of sp³-hybridized carbons (Fsp3) is 0.346. The highest BCUT2D eigenvalue weighted by Gasteiger charge is 2.19. The number of ether oxygens (including phenoxy) is 1. The lowest BCUT2D eigenvalue weighted by atomic mass is 10.1. The summed E-state index contributed by atoms with van der Waals surface area (Å²) in [7, 11) is 0. The molecular weight excluding hydrogens is 435 g/mol. The molecule has 0 aliphatic carbocycles. The van der Waals surface area contributed by atoms with Crippen molar-refractivity contribution in [3.63, 3.8) is 0 Å². The van der Waals surface area contributed by atoms with Gasteiger partial charge >= 0.3 is 0 Å². The Balaban J connectivity index is 1.57. The lowest BCUT2D eigenvalue weighted by molar-refractivity contribution is -0.132. The van der Waals surface area contributed by atoms with E-state index in [-0.39, 0.29) is 29.8 Å². The number of amides is 2. The highest BCUT2D eigenvalue weighted by atomic mass is 19.1. The van der Waals surface area contributed by atoms with E-state index in [1.165, 1.54) is 12.1 Å². The molecule has 2 aromatic carbocycles. The van der Waals surface area contributed by atoms with Crippen LogP contribution in [-0.4, -0.2) is 45.4 Å². The minimum atomic E-state index is -0.595. The van der Waals surface area contributed by atoms with Gasteiger partial charge in [-0.25, -0.2) is 9.37 Å². The Hall–Kier alpha value is -3.68. The number of nitrogens with zero attached hydrogens (tertiary/aromatic N) is 3. The molecule has 0 saturated carbocycles. The van der Waals surface area contributed by atoms with E-state index in [1.54, 1.807) is 29.6 Å². The van der Waals surface area contributed by atoms with Crippen LogP contribution in [0.15, 0.2) is 61.2 Å². The molecule has 34 heavy (non-hydrogen) atoms. The first-order valence-electron chi connectivity index (χ1n) is 11.5. The van der Waals surface area contributed by atoms with Crippen LogP contribution in [0.2, 0.25) is 0 Å². The largest absolute Gasteiger partial charge is 0.457 e. The first kappa shape index (κ1) is 25.0. The van der Waals surface area contributed by atoms with Crippen molar-refractivity contribution in [3.05, 3.63) is 78.1 Å². The molecule has 8 heteroatoms. The number of imidazole rings is 1. The van der Waals surface area contributed by atoms with Gasteiger partial charge in [0.15, 0.2) is 0 Å². The van der Waals surface area contributed by atoms with Gasteiger partial charge in [0.1, 0.15) is 17.3 Å². The molecular formula is C26H31FN4O3. The summed E-state index contributed by atoms with van der Waals surface area (Å²) in [5.74, 6) is -0.571. The lowest BCUT2D eigenvalue weighted by Crippen LogP contribution is -2.44. The van der Waals surface area contributed by atoms with Crippen LogP contribution in [-0.2, 0) is 17.8 Å². The van der Waals surface area contributed by atoms with Gasteiger partial charge in [-0.05, 0) is 56.5 Å². The van der Waals surface area contributed by atoms with Crippen molar-refractivity contribution in [2.75, 3.05) is 13.1 Å². The summed E-state index contributed by atoms with van der Waals surface area (Å²) < 4.78 is 21.8. The number of rotatable bonds is 11. The van der Waals surface area contributed by atoms with Gasteiger partial charge in [0, 0.05) is 43.2 Å². The second kappa shape index (κ2) is 12.0. The molecule has 1 unspecified atom stereocenters. The Labute approximate surface area is 199 Å². The topological polar surface area (TPSA) is 76.5 Å². The first-order chi connectivity index (χ1) is 16.4. The maximum absolute atomic E-state index is 14.2. The lowest BCUT2D eigenvalue weighted by Gasteiger charge is -2.28. The van der Waals surface area contributed by atoms with Gasteiger partial charge in [-0.2, -0.15) is 0 Å². The van der Waals surface area contributed by atoms with Gasteiger partial charge in [-0.1, -0.05) is 19.1 Å². The van der Waals surface area contributed by atoms with Gasteiger partial charge in [0.2, 0.25) is 5.91 Å². The molecule has 1 N–H and O–H groups in total. The zero-order chi connectivity index (χ0) is 24.5. The minimum Gasteiger partial charge on any atom is -0.457 e. The van der Waals surface area contributed by atoms with E-state index in [2.05, 4.69) is 17.2 Å². The van der Waals surface area contributed by atoms with E-state index in [1.807, 2.05) is 36.7 Å². The third-order valence-electron chi connectivity index (χ3n) is 5.66. The van der Waals surface area contributed by atoms with E-state index >= 15 is 0 Å². The standard InChI is InChI=1S/C26H31FN4O3/c1-4-20-6-8-23(9-7-20)34-24-15-21(14-22(27)16-24)26(33)29-17-25(32)31(5-2)19(3)10-12-30-13-11-28-18-30/h6-9,11,13-16,18-19H,4-5,10,12,17H2,1-3H3,(H,29,33). The van der Waals surface area contributed by atoms with Gasteiger partial charge in [0.25, 0.3) is 5.91 Å². The Bertz CT molecular complexity index is 1080. The second-order valence-corrected chi connectivity index (χ2v) is 8.08. The summed E-state index contributed by atoms with van der Waals surface area (Å²) >= 11 is 0. The predicted molar refractivity (Wildman–Crippen MR) is 128 cm³/mol. The molecule has 0 spiro atoms. The van der Waals surface area contributed by atoms with Crippen LogP contribution in [0.3, 0.4) is 0 Å². The van der Waals surface area contributed by atoms with E-state index in [0.717, 1.165) is 31.0 Å². The number of likely N-dealkylation sites (N-methyl/N-ethyl adjacent to an activating group) is 1. The summed E-state index contributed by atoms with van der Waals surface area (Å²) in [6, 6.07) is 11.3. The summed E-state index contributed by atoms with van der Waals surface area (Å²) in [6.07, 6.45) is 6.99. The van der Waals surface area contributed by atoms with Crippen LogP contribution in [0.5, 0.6) is 11.5 Å². The van der Waals surface area contributed by atoms with Crippen LogP contribution >= 0.6 is 0 Å². The van der Waals surface area contributed by atoms with E-state index < -0.39 is 11.7 Å². The Morgan fingerprint density at radius 2 is 1.91 bits per heavy atom. The van der Waals surface area contributed by atoms with Crippen LogP contribution in [0.1, 0.15) is 43.1 Å². The molecule has 2 amide bonds. The highest BCUT2D eigenvalue weighted by Crippen LogP contribution is 2.24. The Kier molecular flexibility index (Phi) is 8.79. The summed E-state index contributed by atoms with van der Waals surface area (Å²) in [4.78, 5) is 31.1. The maximum Gasteiger partial charge on any atom is 0.251 e. The molecule has 3 aromatic rings. The molecule has 0 aliphatic heterocycles. The number of hydrogen-bond donors (Lipinski definition) is 1. The van der Waals surface area contributed by atoms with Crippen LogP contribution < -0.4 is 10.1 Å². The van der Waals surface area contributed by atoms with Gasteiger partial charge in [-0.3, -0.25) is 9.59 Å². The van der Waals surface area contributed by atoms with Crippen molar-refractivity contribution in [2.45, 2.75) is 46.2 Å². The van der Waals surface area contributed by atoms with E-state index in [4.69, 9.17) is 4.74 Å². The predicted octanol–water partition coefficient (Wildman–Crippen LogP) is 4.43. The second-order valence-electron chi connectivity index (χ2n) is 8.08. The number of carbonyl (C=O) groups excluding carboxylic acids is 2. The number of hydrogen-bond acceptors (Lipinski definition) is 4. The molecule has 0 fully saturated rings. The first-order valence-corrected chi connectivity index (χ1v) is 11.5. The molecule has 7 nitrogen and oxygen atoms in total. The summed E-state index contributed by atoms with van der Waals surface area (Å²) in [5, 5.41) is 2.60. The third kappa shape index (κ3) is 6.91. The number of nitrogens with one attached hydrogen (secondary N) is 1. The molecule has 0 aliphatic rings. The van der Waals surface area contributed by atoms with Crippen molar-refractivity contribution < 1.29 is 18.7 Å². The molecule has 1 aromatic heterocycles. The molecule has 180 valence electrons. The van der Waals surface area contributed by atoms with Gasteiger partial charge in [0.05, 0.1) is 12.9 Å². The molecule has 0 saturated heterocycles. The van der Waals surface area contributed by atoms with Crippen molar-refractivity contribution in [2.24, 2.45) is 0 Å². The Morgan fingerprint density at radius 1 is 1.15 bits per heavy atom. The minimum absolute atomic E-state index is 0.00919. The number of aryl methyl sites for hydroxylation is 2. The number of benzene rings is 2. The zero-order valence-corrected chi connectivity index (χ0v) is 19.8. The highest BCUT2D eigenvalue weighted by molar-refractivity contribution is 5.96. The molecule has 0 bridgehead atoms. The molecule has 1 atom stereocenters. The van der Waals surface area contributed by atoms with Crippen molar-refractivity contribution in [3.8, 4) is 11.5 Å². The van der Waals surface area contributed by atoms with Crippen LogP contribution in [0.4, 0.5) is 4.39 Å². The van der Waals surface area contributed by atoms with E-state index in [9.17, 15) is 14.0 Å². The normalized spacial score (nSPS) is 11.6. The number of carbonyl (C=O) groups is 2. The van der Waals surface area contributed by atoms with E-state index in [0.29, 0.717) is 12.3 Å². The van der Waals surface area contributed by atoms with Crippen LogP contribution in [0, 0.1) is 5.82 Å². The quantitative estimate of drug-likeness (QED) is 0.454. The van der Waals surface area contributed by atoms with Crippen molar-refractivity contribution >= 4 is 11.8 Å². The Morgan fingerprint density at radius 3 is 2.56 bits per heavy atom. The number of aromatic nitrogens is 2. The maximum atomic E-state index is 14.2. The fourth-order valence-electron chi connectivity index (χ4n) is 3.69. The average Bonchev–Trinajstić information content (AvgIpc) is 3.35. The monoisotopic (exact) mass is 466 g/mol.